The molecule has 3 N–H and O–H groups in total. The maximum Gasteiger partial charge on any atom is 0.250 e. The molecule has 6 nitrogen and oxygen atoms in total. The summed E-state index contributed by atoms with van der Waals surface area (Å²) in [5, 5.41) is 7.85. The van der Waals surface area contributed by atoms with Gasteiger partial charge in [0.1, 0.15) is 4.21 Å². The largest absolute Gasteiger partial charge is 0.352 e. The highest BCUT2D eigenvalue weighted by Gasteiger charge is 2.21. The van der Waals surface area contributed by atoms with Crippen LogP contribution in [0.15, 0.2) is 21.7 Å². The average Bonchev–Trinajstić information content (AvgIpc) is 2.91. The van der Waals surface area contributed by atoms with Gasteiger partial charge in [0.15, 0.2) is 0 Å². The summed E-state index contributed by atoms with van der Waals surface area (Å²) >= 11 is 1.13. The average molecular weight is 354 g/mol. The Labute approximate surface area is 135 Å². The van der Waals surface area contributed by atoms with Crippen LogP contribution in [0.1, 0.15) is 19.8 Å². The van der Waals surface area contributed by atoms with Gasteiger partial charge in [0.2, 0.25) is 5.91 Å². The molecule has 1 fully saturated rings. The van der Waals surface area contributed by atoms with Crippen molar-refractivity contribution in [3.63, 3.8) is 0 Å². The minimum Gasteiger partial charge on any atom is -0.352 e. The Morgan fingerprint density at radius 1 is 1.52 bits per heavy atom. The summed E-state index contributed by atoms with van der Waals surface area (Å²) in [4.78, 5) is 11.8. The van der Waals surface area contributed by atoms with Crippen LogP contribution in [0.5, 0.6) is 0 Å². The maximum atomic E-state index is 11.9. The molecule has 1 aliphatic heterocycles. The SMILES string of the molecule is CC1CC(NC(=O)CNS(=O)(=O)c2cccs2)CCN1.Cl. The molecule has 0 radical (unpaired) electrons. The summed E-state index contributed by atoms with van der Waals surface area (Å²) in [5.41, 5.74) is 0. The van der Waals surface area contributed by atoms with E-state index in [0.29, 0.717) is 6.04 Å². The third kappa shape index (κ3) is 5.55. The van der Waals surface area contributed by atoms with Crippen molar-refractivity contribution in [1.29, 1.82) is 0 Å². The molecule has 0 saturated carbocycles. The summed E-state index contributed by atoms with van der Waals surface area (Å²) in [6, 6.07) is 3.66. The molecule has 2 atom stereocenters. The number of rotatable bonds is 5. The topological polar surface area (TPSA) is 87.3 Å². The van der Waals surface area contributed by atoms with Gasteiger partial charge in [-0.1, -0.05) is 6.07 Å². The van der Waals surface area contributed by atoms with Crippen LogP contribution in [-0.2, 0) is 14.8 Å². The standard InChI is InChI=1S/C12H19N3O3S2.ClH/c1-9-7-10(4-5-13-9)15-11(16)8-14-20(17,18)12-3-2-6-19-12;/h2-3,6,9-10,13-14H,4-5,7-8H2,1H3,(H,15,16);1H. The van der Waals surface area contributed by atoms with Crippen LogP contribution < -0.4 is 15.4 Å². The molecule has 1 saturated heterocycles. The van der Waals surface area contributed by atoms with E-state index >= 15 is 0 Å². The van der Waals surface area contributed by atoms with Crippen LogP contribution in [-0.4, -0.2) is 39.5 Å². The fraction of sp³-hybridized carbons (Fsp3) is 0.583. The molecule has 120 valence electrons. The fourth-order valence-electron chi connectivity index (χ4n) is 2.19. The zero-order valence-electron chi connectivity index (χ0n) is 11.7. The lowest BCUT2D eigenvalue weighted by molar-refractivity contribution is -0.120. The van der Waals surface area contributed by atoms with Crippen molar-refractivity contribution < 1.29 is 13.2 Å². The summed E-state index contributed by atoms with van der Waals surface area (Å²) in [5.74, 6) is -0.288. The first-order chi connectivity index (χ1) is 9.47. The predicted octanol–water partition coefficient (Wildman–Crippen LogP) is 0.705. The van der Waals surface area contributed by atoms with Crippen LogP contribution in [0.4, 0.5) is 0 Å². The van der Waals surface area contributed by atoms with Gasteiger partial charge in [0, 0.05) is 12.1 Å². The van der Waals surface area contributed by atoms with Crippen LogP contribution in [0.2, 0.25) is 0 Å². The van der Waals surface area contributed by atoms with Gasteiger partial charge in [-0.05, 0) is 37.8 Å². The van der Waals surface area contributed by atoms with Crippen molar-refractivity contribution in [2.75, 3.05) is 13.1 Å². The summed E-state index contributed by atoms with van der Waals surface area (Å²) in [6.45, 7) is 2.71. The molecule has 0 spiro atoms. The Bertz CT molecular complexity index is 548. The van der Waals surface area contributed by atoms with Crippen LogP contribution >= 0.6 is 23.7 Å². The van der Waals surface area contributed by atoms with Gasteiger partial charge in [0.25, 0.3) is 10.0 Å². The quantitative estimate of drug-likeness (QED) is 0.727. The number of amides is 1. The van der Waals surface area contributed by atoms with Gasteiger partial charge in [-0.25, -0.2) is 13.1 Å². The number of carbonyl (C=O) groups is 1. The minimum absolute atomic E-state index is 0. The van der Waals surface area contributed by atoms with Gasteiger partial charge >= 0.3 is 0 Å². The highest BCUT2D eigenvalue weighted by molar-refractivity contribution is 7.91. The molecular formula is C12H20ClN3O3S2. The van der Waals surface area contributed by atoms with Gasteiger partial charge in [-0.15, -0.1) is 23.7 Å². The number of carbonyl (C=O) groups excluding carboxylic acids is 1. The second-order valence-corrected chi connectivity index (χ2v) is 7.84. The second-order valence-electron chi connectivity index (χ2n) is 4.90. The first kappa shape index (κ1) is 18.4. The molecule has 2 rings (SSSR count). The Morgan fingerprint density at radius 2 is 2.29 bits per heavy atom. The highest BCUT2D eigenvalue weighted by Crippen LogP contribution is 2.14. The summed E-state index contributed by atoms with van der Waals surface area (Å²) in [6.07, 6.45) is 1.73. The first-order valence-electron chi connectivity index (χ1n) is 6.53. The maximum absolute atomic E-state index is 11.9. The monoisotopic (exact) mass is 353 g/mol. The smallest absolute Gasteiger partial charge is 0.250 e. The van der Waals surface area contributed by atoms with E-state index in [1.807, 2.05) is 0 Å². The molecule has 9 heteroatoms. The van der Waals surface area contributed by atoms with Gasteiger partial charge in [-0.3, -0.25) is 4.79 Å². The van der Waals surface area contributed by atoms with Crippen molar-refractivity contribution in [3.05, 3.63) is 17.5 Å². The molecule has 0 aliphatic carbocycles. The fourth-order valence-corrected chi connectivity index (χ4v) is 4.21. The van der Waals surface area contributed by atoms with E-state index in [1.165, 1.54) is 6.07 Å². The number of sulfonamides is 1. The minimum atomic E-state index is -3.57. The highest BCUT2D eigenvalue weighted by atomic mass is 35.5. The zero-order chi connectivity index (χ0) is 14.6. The Hall–Kier alpha value is -0.670. The number of thiophene rings is 1. The van der Waals surface area contributed by atoms with Crippen molar-refractivity contribution >= 4 is 39.7 Å². The number of hydrogen-bond donors (Lipinski definition) is 3. The molecule has 1 aromatic heterocycles. The molecule has 1 amide bonds. The van der Waals surface area contributed by atoms with Crippen LogP contribution in [0.3, 0.4) is 0 Å². The van der Waals surface area contributed by atoms with E-state index in [2.05, 4.69) is 22.3 Å². The molecule has 1 aromatic rings. The van der Waals surface area contributed by atoms with Crippen LogP contribution in [0, 0.1) is 0 Å². The first-order valence-corrected chi connectivity index (χ1v) is 8.89. The second kappa shape index (κ2) is 8.09. The van der Waals surface area contributed by atoms with E-state index in [9.17, 15) is 13.2 Å². The number of hydrogen-bond acceptors (Lipinski definition) is 5. The third-order valence-electron chi connectivity index (χ3n) is 3.17. The molecule has 1 aliphatic rings. The molecule has 0 aromatic carbocycles. The van der Waals surface area contributed by atoms with E-state index in [1.54, 1.807) is 11.4 Å². The van der Waals surface area contributed by atoms with Crippen molar-refractivity contribution in [3.8, 4) is 0 Å². The molecular weight excluding hydrogens is 334 g/mol. The summed E-state index contributed by atoms with van der Waals surface area (Å²) in [7, 11) is -3.57. The lowest BCUT2D eigenvalue weighted by atomic mass is 10.0. The lowest BCUT2D eigenvalue weighted by Gasteiger charge is -2.28. The number of piperidine rings is 1. The molecule has 21 heavy (non-hydrogen) atoms. The Kier molecular flexibility index (Phi) is 7.08. The van der Waals surface area contributed by atoms with E-state index < -0.39 is 10.0 Å². The van der Waals surface area contributed by atoms with E-state index in [0.717, 1.165) is 30.7 Å². The van der Waals surface area contributed by atoms with Gasteiger partial charge in [-0.2, -0.15) is 0 Å². The third-order valence-corrected chi connectivity index (χ3v) is 5.97. The van der Waals surface area contributed by atoms with Gasteiger partial charge in [0.05, 0.1) is 6.54 Å². The Balaban J connectivity index is 0.00000220. The van der Waals surface area contributed by atoms with Crippen molar-refractivity contribution in [2.24, 2.45) is 0 Å². The van der Waals surface area contributed by atoms with E-state index in [-0.39, 0.29) is 35.1 Å². The molecule has 2 heterocycles. The molecule has 0 bridgehead atoms. The summed E-state index contributed by atoms with van der Waals surface area (Å²) < 4.78 is 26.2. The normalized spacial score (nSPS) is 22.3. The van der Waals surface area contributed by atoms with Gasteiger partial charge < -0.3 is 10.6 Å². The van der Waals surface area contributed by atoms with E-state index in [4.69, 9.17) is 0 Å². The van der Waals surface area contributed by atoms with Crippen LogP contribution in [0.25, 0.3) is 0 Å². The Morgan fingerprint density at radius 3 is 2.90 bits per heavy atom. The predicted molar refractivity (Wildman–Crippen MR) is 85.4 cm³/mol. The zero-order valence-corrected chi connectivity index (χ0v) is 14.1. The lowest BCUT2D eigenvalue weighted by Crippen LogP contribution is -2.48. The van der Waals surface area contributed by atoms with Crippen molar-refractivity contribution in [2.45, 2.75) is 36.1 Å². The van der Waals surface area contributed by atoms with Crippen molar-refractivity contribution in [1.82, 2.24) is 15.4 Å². The number of nitrogens with one attached hydrogen (secondary N) is 3. The molecule has 2 unspecified atom stereocenters. The number of halogens is 1.